The number of hydrogen-bond donors (Lipinski definition) is 3. The second-order valence-electron chi connectivity index (χ2n) is 4.23. The van der Waals surface area contributed by atoms with Crippen LogP contribution in [0.1, 0.15) is 36.5 Å². The van der Waals surface area contributed by atoms with Gasteiger partial charge in [0.2, 0.25) is 0 Å². The average molecular weight is 204 g/mol. The molecule has 0 bridgehead atoms. The molecule has 3 heteroatoms. The molecular weight excluding hydrogens is 188 g/mol. The Morgan fingerprint density at radius 3 is 2.47 bits per heavy atom. The third-order valence-electron chi connectivity index (χ3n) is 2.86. The van der Waals surface area contributed by atoms with Crippen LogP contribution in [0.25, 0.3) is 0 Å². The van der Waals surface area contributed by atoms with Crippen molar-refractivity contribution in [3.8, 4) is 0 Å². The van der Waals surface area contributed by atoms with Crippen molar-refractivity contribution >= 4 is 5.84 Å². The fraction of sp³-hybridized carbons (Fsp3) is 0.417. The summed E-state index contributed by atoms with van der Waals surface area (Å²) >= 11 is 0. The molecule has 2 rings (SSSR count). The summed E-state index contributed by atoms with van der Waals surface area (Å²) in [5, 5.41) is 17.1. The van der Waals surface area contributed by atoms with Gasteiger partial charge in [0.05, 0.1) is 6.10 Å². The summed E-state index contributed by atoms with van der Waals surface area (Å²) in [7, 11) is 0. The van der Waals surface area contributed by atoms with Crippen LogP contribution in [0.2, 0.25) is 0 Å². The van der Waals surface area contributed by atoms with E-state index in [9.17, 15) is 5.11 Å². The minimum absolute atomic E-state index is 0.0678. The number of hydrogen-bond acceptors (Lipinski definition) is 2. The SMILES string of the molecule is N=C(N)c1ccc(C(O)CC2CC2)cc1. The molecule has 4 N–H and O–H groups in total. The van der Waals surface area contributed by atoms with Crippen LogP contribution in [0.4, 0.5) is 0 Å². The van der Waals surface area contributed by atoms with E-state index in [1.54, 1.807) is 12.1 Å². The maximum Gasteiger partial charge on any atom is 0.122 e. The van der Waals surface area contributed by atoms with E-state index in [1.807, 2.05) is 12.1 Å². The Morgan fingerprint density at radius 2 is 2.00 bits per heavy atom. The molecule has 1 saturated carbocycles. The zero-order chi connectivity index (χ0) is 10.8. The highest BCUT2D eigenvalue weighted by atomic mass is 16.3. The van der Waals surface area contributed by atoms with Crippen LogP contribution in [0, 0.1) is 11.3 Å². The highest BCUT2D eigenvalue weighted by Gasteiger charge is 2.25. The molecule has 0 spiro atoms. The average Bonchev–Trinajstić information content (AvgIpc) is 3.02. The van der Waals surface area contributed by atoms with Crippen molar-refractivity contribution < 1.29 is 5.11 Å². The lowest BCUT2D eigenvalue weighted by Gasteiger charge is -2.10. The van der Waals surface area contributed by atoms with Gasteiger partial charge in [0, 0.05) is 5.56 Å². The van der Waals surface area contributed by atoms with Gasteiger partial charge in [-0.1, -0.05) is 37.1 Å². The highest BCUT2D eigenvalue weighted by molar-refractivity contribution is 5.94. The Morgan fingerprint density at radius 1 is 1.40 bits per heavy atom. The molecule has 0 aromatic heterocycles. The van der Waals surface area contributed by atoms with Gasteiger partial charge in [-0.25, -0.2) is 0 Å². The van der Waals surface area contributed by atoms with Crippen LogP contribution in [0.15, 0.2) is 24.3 Å². The van der Waals surface area contributed by atoms with E-state index in [0.29, 0.717) is 11.5 Å². The predicted molar refractivity (Wildman–Crippen MR) is 59.8 cm³/mol. The Bertz CT molecular complexity index is 354. The Balaban J connectivity index is 2.04. The zero-order valence-electron chi connectivity index (χ0n) is 8.61. The highest BCUT2D eigenvalue weighted by Crippen LogP contribution is 2.37. The summed E-state index contributed by atoms with van der Waals surface area (Å²) in [6.45, 7) is 0. The Kier molecular flexibility index (Phi) is 2.73. The lowest BCUT2D eigenvalue weighted by molar-refractivity contribution is 0.160. The fourth-order valence-electron chi connectivity index (χ4n) is 1.69. The van der Waals surface area contributed by atoms with Crippen LogP contribution >= 0.6 is 0 Å². The molecule has 15 heavy (non-hydrogen) atoms. The van der Waals surface area contributed by atoms with Gasteiger partial charge in [-0.15, -0.1) is 0 Å². The van der Waals surface area contributed by atoms with Gasteiger partial charge in [0.25, 0.3) is 0 Å². The number of amidine groups is 1. The summed E-state index contributed by atoms with van der Waals surface area (Å²) in [5.74, 6) is 0.783. The summed E-state index contributed by atoms with van der Waals surface area (Å²) < 4.78 is 0. The first-order chi connectivity index (χ1) is 7.16. The van der Waals surface area contributed by atoms with E-state index >= 15 is 0 Å². The van der Waals surface area contributed by atoms with E-state index in [2.05, 4.69) is 0 Å². The van der Waals surface area contributed by atoms with Gasteiger partial charge in [0.1, 0.15) is 5.84 Å². The third kappa shape index (κ3) is 2.57. The van der Waals surface area contributed by atoms with E-state index in [1.165, 1.54) is 12.8 Å². The normalized spacial score (nSPS) is 17.4. The number of aliphatic hydroxyl groups is 1. The van der Waals surface area contributed by atoms with Gasteiger partial charge in [-0.3, -0.25) is 5.41 Å². The van der Waals surface area contributed by atoms with Crippen LogP contribution in [0.3, 0.4) is 0 Å². The summed E-state index contributed by atoms with van der Waals surface area (Å²) in [5.41, 5.74) is 6.98. The topological polar surface area (TPSA) is 70.1 Å². The van der Waals surface area contributed by atoms with E-state index in [0.717, 1.165) is 12.0 Å². The molecule has 1 unspecified atom stereocenters. The van der Waals surface area contributed by atoms with Gasteiger partial charge >= 0.3 is 0 Å². The molecule has 1 atom stereocenters. The molecule has 1 aromatic carbocycles. The number of nitrogens with two attached hydrogens (primary N) is 1. The van der Waals surface area contributed by atoms with E-state index < -0.39 is 0 Å². The largest absolute Gasteiger partial charge is 0.388 e. The predicted octanol–water partition coefficient (Wildman–Crippen LogP) is 1.80. The van der Waals surface area contributed by atoms with Crippen LogP contribution in [0.5, 0.6) is 0 Å². The Labute approximate surface area is 89.4 Å². The maximum atomic E-state index is 9.88. The Hall–Kier alpha value is -1.35. The molecular formula is C12H16N2O. The van der Waals surface area contributed by atoms with Crippen molar-refractivity contribution in [1.82, 2.24) is 0 Å². The van der Waals surface area contributed by atoms with Crippen LogP contribution < -0.4 is 5.73 Å². The van der Waals surface area contributed by atoms with E-state index in [-0.39, 0.29) is 11.9 Å². The van der Waals surface area contributed by atoms with Crippen molar-refractivity contribution in [2.45, 2.75) is 25.4 Å². The van der Waals surface area contributed by atoms with Crippen molar-refractivity contribution in [2.75, 3.05) is 0 Å². The lowest BCUT2D eigenvalue weighted by atomic mass is 10.0. The number of benzene rings is 1. The number of nitrogen functional groups attached to an aromatic ring is 1. The molecule has 1 aromatic rings. The summed E-state index contributed by atoms with van der Waals surface area (Å²) in [6, 6.07) is 7.27. The zero-order valence-corrected chi connectivity index (χ0v) is 8.61. The second kappa shape index (κ2) is 4.03. The smallest absolute Gasteiger partial charge is 0.122 e. The standard InChI is InChI=1S/C12H16N2O/c13-12(14)10-5-3-9(4-6-10)11(15)7-8-1-2-8/h3-6,8,11,15H,1-2,7H2,(H3,13,14). The molecule has 1 aliphatic carbocycles. The maximum absolute atomic E-state index is 9.88. The van der Waals surface area contributed by atoms with Crippen molar-refractivity contribution in [3.05, 3.63) is 35.4 Å². The van der Waals surface area contributed by atoms with Crippen molar-refractivity contribution in [2.24, 2.45) is 11.7 Å². The molecule has 0 amide bonds. The molecule has 0 radical (unpaired) electrons. The molecule has 0 saturated heterocycles. The van der Waals surface area contributed by atoms with E-state index in [4.69, 9.17) is 11.1 Å². The number of aliphatic hydroxyl groups excluding tert-OH is 1. The monoisotopic (exact) mass is 204 g/mol. The molecule has 1 fully saturated rings. The molecule has 80 valence electrons. The van der Waals surface area contributed by atoms with Gasteiger partial charge < -0.3 is 10.8 Å². The lowest BCUT2D eigenvalue weighted by Crippen LogP contribution is -2.11. The van der Waals surface area contributed by atoms with Gasteiger partial charge in [-0.2, -0.15) is 0 Å². The second-order valence-corrected chi connectivity index (χ2v) is 4.23. The first kappa shape index (κ1) is 10.2. The quantitative estimate of drug-likeness (QED) is 0.517. The van der Waals surface area contributed by atoms with Crippen LogP contribution in [-0.4, -0.2) is 10.9 Å². The van der Waals surface area contributed by atoms with Crippen LogP contribution in [-0.2, 0) is 0 Å². The number of nitrogens with one attached hydrogen (secondary N) is 1. The number of rotatable bonds is 4. The molecule has 1 aliphatic rings. The van der Waals surface area contributed by atoms with Gasteiger partial charge in [0.15, 0.2) is 0 Å². The summed E-state index contributed by atoms with van der Waals surface area (Å²) in [6.07, 6.45) is 3.00. The minimum atomic E-state index is -0.362. The third-order valence-corrected chi connectivity index (χ3v) is 2.86. The summed E-state index contributed by atoms with van der Waals surface area (Å²) in [4.78, 5) is 0. The molecule has 0 heterocycles. The first-order valence-corrected chi connectivity index (χ1v) is 5.29. The fourth-order valence-corrected chi connectivity index (χ4v) is 1.69. The van der Waals surface area contributed by atoms with Crippen molar-refractivity contribution in [3.63, 3.8) is 0 Å². The molecule has 0 aliphatic heterocycles. The first-order valence-electron chi connectivity index (χ1n) is 5.29. The molecule has 3 nitrogen and oxygen atoms in total. The van der Waals surface area contributed by atoms with Crippen molar-refractivity contribution in [1.29, 1.82) is 5.41 Å². The van der Waals surface area contributed by atoms with Gasteiger partial charge in [-0.05, 0) is 17.9 Å². The minimum Gasteiger partial charge on any atom is -0.388 e.